The number of nitrogens with one attached hydrogen (secondary N) is 2. The highest BCUT2D eigenvalue weighted by Crippen LogP contribution is 2.36. The lowest BCUT2D eigenvalue weighted by Gasteiger charge is -2.08. The van der Waals surface area contributed by atoms with E-state index in [1.54, 1.807) is 19.4 Å². The van der Waals surface area contributed by atoms with Gasteiger partial charge in [-0.25, -0.2) is 9.37 Å². The highest BCUT2D eigenvalue weighted by molar-refractivity contribution is 5.98. The van der Waals surface area contributed by atoms with Crippen molar-refractivity contribution >= 4 is 16.9 Å². The number of aromatic nitrogens is 2. The second-order valence-corrected chi connectivity index (χ2v) is 6.33. The molecule has 2 heterocycles. The predicted molar refractivity (Wildman–Crippen MR) is 107 cm³/mol. The highest BCUT2D eigenvalue weighted by Gasteiger charge is 2.14. The molecule has 2 aromatic heterocycles. The Labute approximate surface area is 161 Å². The number of para-hydroxylation sites is 1. The number of nitrogens with zero attached hydrogens (tertiary/aromatic N) is 1. The van der Waals surface area contributed by atoms with Crippen LogP contribution < -0.4 is 10.1 Å². The van der Waals surface area contributed by atoms with Crippen LogP contribution in [-0.2, 0) is 0 Å². The number of hydrogen-bond donors (Lipinski definition) is 2. The van der Waals surface area contributed by atoms with Crippen LogP contribution >= 0.6 is 0 Å². The molecule has 0 bridgehead atoms. The molecule has 6 heteroatoms. The van der Waals surface area contributed by atoms with Crippen LogP contribution in [0.3, 0.4) is 0 Å². The van der Waals surface area contributed by atoms with Gasteiger partial charge in [0, 0.05) is 47.1 Å². The Hall–Kier alpha value is -3.67. The van der Waals surface area contributed by atoms with Gasteiger partial charge in [0.05, 0.1) is 7.11 Å². The molecule has 0 aliphatic heterocycles. The van der Waals surface area contributed by atoms with E-state index in [0.29, 0.717) is 16.8 Å². The SMILES string of the molecule is CNC(=O)c1cc(F)cc(-c2cnc3[nH]cc(-c4ccccc4OC)c3c2)c1. The molecule has 0 aliphatic rings. The van der Waals surface area contributed by atoms with E-state index >= 15 is 0 Å². The van der Waals surface area contributed by atoms with Crippen LogP contribution in [0.2, 0.25) is 0 Å². The Morgan fingerprint density at radius 2 is 1.93 bits per heavy atom. The first-order valence-corrected chi connectivity index (χ1v) is 8.74. The molecular weight excluding hydrogens is 357 g/mol. The minimum atomic E-state index is -0.477. The fourth-order valence-electron chi connectivity index (χ4n) is 3.28. The fraction of sp³-hybridized carbons (Fsp3) is 0.0909. The summed E-state index contributed by atoms with van der Waals surface area (Å²) in [5.74, 6) is -0.0668. The molecule has 0 aliphatic carbocycles. The lowest BCUT2D eigenvalue weighted by atomic mass is 10.00. The van der Waals surface area contributed by atoms with Crippen molar-refractivity contribution in [1.29, 1.82) is 0 Å². The zero-order valence-corrected chi connectivity index (χ0v) is 15.4. The second-order valence-electron chi connectivity index (χ2n) is 6.33. The second kappa shape index (κ2) is 7.15. The number of fused-ring (bicyclic) bond motifs is 1. The van der Waals surface area contributed by atoms with Gasteiger partial charge in [-0.3, -0.25) is 4.79 Å². The van der Waals surface area contributed by atoms with E-state index in [4.69, 9.17) is 4.74 Å². The van der Waals surface area contributed by atoms with Crippen LogP contribution in [0.15, 0.2) is 60.9 Å². The molecule has 140 valence electrons. The summed E-state index contributed by atoms with van der Waals surface area (Å²) in [5, 5.41) is 3.40. The average molecular weight is 375 g/mol. The van der Waals surface area contributed by atoms with Gasteiger partial charge in [-0.2, -0.15) is 0 Å². The van der Waals surface area contributed by atoms with Gasteiger partial charge >= 0.3 is 0 Å². The molecule has 4 rings (SSSR count). The summed E-state index contributed by atoms with van der Waals surface area (Å²) in [6.45, 7) is 0. The molecule has 0 radical (unpaired) electrons. The maximum absolute atomic E-state index is 14.1. The number of hydrogen-bond acceptors (Lipinski definition) is 3. The average Bonchev–Trinajstić information content (AvgIpc) is 3.15. The van der Waals surface area contributed by atoms with Crippen molar-refractivity contribution in [2.45, 2.75) is 0 Å². The number of pyridine rings is 1. The zero-order valence-electron chi connectivity index (χ0n) is 15.4. The molecule has 2 N–H and O–H groups in total. The Morgan fingerprint density at radius 3 is 2.71 bits per heavy atom. The number of amides is 1. The number of halogens is 1. The summed E-state index contributed by atoms with van der Waals surface area (Å²) >= 11 is 0. The summed E-state index contributed by atoms with van der Waals surface area (Å²) in [5.41, 5.74) is 4.14. The molecule has 5 nitrogen and oxygen atoms in total. The number of ether oxygens (including phenoxy) is 1. The Morgan fingerprint density at radius 1 is 1.11 bits per heavy atom. The summed E-state index contributed by atoms with van der Waals surface area (Å²) in [6.07, 6.45) is 3.54. The molecule has 0 spiro atoms. The lowest BCUT2D eigenvalue weighted by molar-refractivity contribution is 0.0962. The molecule has 28 heavy (non-hydrogen) atoms. The van der Waals surface area contributed by atoms with Crippen molar-refractivity contribution in [2.75, 3.05) is 14.2 Å². The largest absolute Gasteiger partial charge is 0.496 e. The van der Waals surface area contributed by atoms with E-state index < -0.39 is 5.82 Å². The first-order valence-electron chi connectivity index (χ1n) is 8.74. The maximum Gasteiger partial charge on any atom is 0.251 e. The standard InChI is InChI=1S/C22H18FN3O2/c1-24-22(27)14-7-13(8-16(23)9-14)15-10-18-19(12-26-21(18)25-11-15)17-5-3-4-6-20(17)28-2/h3-12H,1-2H3,(H,24,27)(H,25,26). The topological polar surface area (TPSA) is 67.0 Å². The van der Waals surface area contributed by atoms with Crippen molar-refractivity contribution in [3.05, 3.63) is 72.3 Å². The lowest BCUT2D eigenvalue weighted by Crippen LogP contribution is -2.17. The number of carbonyl (C=O) groups excluding carboxylic acids is 1. The smallest absolute Gasteiger partial charge is 0.251 e. The van der Waals surface area contributed by atoms with Gasteiger partial charge in [0.15, 0.2) is 0 Å². The van der Waals surface area contributed by atoms with Gasteiger partial charge < -0.3 is 15.0 Å². The van der Waals surface area contributed by atoms with Gasteiger partial charge in [0.1, 0.15) is 17.2 Å². The number of rotatable bonds is 4. The van der Waals surface area contributed by atoms with Gasteiger partial charge in [-0.15, -0.1) is 0 Å². The van der Waals surface area contributed by atoms with Crippen LogP contribution in [0.5, 0.6) is 5.75 Å². The number of carbonyl (C=O) groups is 1. The van der Waals surface area contributed by atoms with E-state index in [1.807, 2.05) is 36.5 Å². The molecular formula is C22H18FN3O2. The predicted octanol–water partition coefficient (Wildman–Crippen LogP) is 4.40. The zero-order chi connectivity index (χ0) is 19.7. The third-order valence-corrected chi connectivity index (χ3v) is 4.65. The van der Waals surface area contributed by atoms with Crippen molar-refractivity contribution in [3.63, 3.8) is 0 Å². The summed E-state index contributed by atoms with van der Waals surface area (Å²) in [7, 11) is 3.14. The van der Waals surface area contributed by atoms with E-state index in [9.17, 15) is 9.18 Å². The maximum atomic E-state index is 14.1. The summed E-state index contributed by atoms with van der Waals surface area (Å²) in [6, 6.07) is 13.9. The molecule has 1 amide bonds. The van der Waals surface area contributed by atoms with Crippen molar-refractivity contribution in [1.82, 2.24) is 15.3 Å². The summed E-state index contributed by atoms with van der Waals surface area (Å²) < 4.78 is 19.6. The van der Waals surface area contributed by atoms with Gasteiger partial charge in [-0.1, -0.05) is 18.2 Å². The summed E-state index contributed by atoms with van der Waals surface area (Å²) in [4.78, 5) is 19.5. The van der Waals surface area contributed by atoms with Crippen LogP contribution in [-0.4, -0.2) is 30.0 Å². The van der Waals surface area contributed by atoms with Crippen LogP contribution in [0, 0.1) is 5.82 Å². The van der Waals surface area contributed by atoms with Gasteiger partial charge in [0.25, 0.3) is 5.91 Å². The van der Waals surface area contributed by atoms with E-state index in [1.165, 1.54) is 19.2 Å². The van der Waals surface area contributed by atoms with Crippen molar-refractivity contribution in [3.8, 4) is 28.0 Å². The highest BCUT2D eigenvalue weighted by atomic mass is 19.1. The first-order chi connectivity index (χ1) is 13.6. The minimum Gasteiger partial charge on any atom is -0.496 e. The normalized spacial score (nSPS) is 10.8. The Kier molecular flexibility index (Phi) is 4.53. The van der Waals surface area contributed by atoms with Crippen LogP contribution in [0.4, 0.5) is 4.39 Å². The number of aromatic amines is 1. The number of methoxy groups -OCH3 is 1. The molecule has 4 aromatic rings. The van der Waals surface area contributed by atoms with Crippen molar-refractivity contribution in [2.24, 2.45) is 0 Å². The molecule has 0 saturated carbocycles. The molecule has 0 unspecified atom stereocenters. The van der Waals surface area contributed by atoms with Crippen molar-refractivity contribution < 1.29 is 13.9 Å². The van der Waals surface area contributed by atoms with E-state index in [-0.39, 0.29) is 11.5 Å². The molecule has 2 aromatic carbocycles. The number of benzene rings is 2. The fourth-order valence-corrected chi connectivity index (χ4v) is 3.28. The van der Waals surface area contributed by atoms with Gasteiger partial charge in [-0.05, 0) is 35.9 Å². The third-order valence-electron chi connectivity index (χ3n) is 4.65. The van der Waals surface area contributed by atoms with Crippen LogP contribution in [0.1, 0.15) is 10.4 Å². The van der Waals surface area contributed by atoms with Gasteiger partial charge in [0.2, 0.25) is 0 Å². The first kappa shape index (κ1) is 17.7. The Bertz CT molecular complexity index is 1180. The Balaban J connectivity index is 1.87. The number of H-pyrrole nitrogens is 1. The van der Waals surface area contributed by atoms with Crippen LogP contribution in [0.25, 0.3) is 33.3 Å². The minimum absolute atomic E-state index is 0.261. The molecule has 0 saturated heterocycles. The molecule has 0 atom stereocenters. The third kappa shape index (κ3) is 3.09. The quantitative estimate of drug-likeness (QED) is 0.555. The van der Waals surface area contributed by atoms with E-state index in [2.05, 4.69) is 15.3 Å². The monoisotopic (exact) mass is 375 g/mol. The molecule has 0 fully saturated rings. The van der Waals surface area contributed by atoms with E-state index in [0.717, 1.165) is 22.3 Å².